The number of hydrogen-bond acceptors (Lipinski definition) is 6. The Morgan fingerprint density at radius 2 is 1.93 bits per heavy atom. The predicted octanol–water partition coefficient (Wildman–Crippen LogP) is 2.71. The second kappa shape index (κ2) is 7.51. The van der Waals surface area contributed by atoms with Gasteiger partial charge in [0.2, 0.25) is 5.78 Å². The van der Waals surface area contributed by atoms with E-state index in [4.69, 9.17) is 17.3 Å². The summed E-state index contributed by atoms with van der Waals surface area (Å²) in [5.41, 5.74) is 7.56. The Kier molecular flexibility index (Phi) is 5.14. The van der Waals surface area contributed by atoms with Crippen LogP contribution in [0.4, 0.5) is 5.82 Å². The molecule has 0 saturated carbocycles. The summed E-state index contributed by atoms with van der Waals surface area (Å²) in [5, 5.41) is 0.326. The van der Waals surface area contributed by atoms with Crippen LogP contribution in [0.5, 0.6) is 0 Å². The minimum Gasteiger partial charge on any atom is -0.382 e. The minimum absolute atomic E-state index is 0.0196. The standard InChI is InChI=1S/C19H16ClN5O2/c1-25(2)19(27)13-8-11(5-6-14(13)20)15-10-23-18(21)16(24-15)17(26)12-4-3-7-22-9-12/h3-10H,1-2H3,(H2,21,23). The summed E-state index contributed by atoms with van der Waals surface area (Å²) in [5.74, 6) is -0.600. The number of rotatable bonds is 4. The molecule has 0 atom stereocenters. The Hall–Kier alpha value is -3.32. The number of aromatic nitrogens is 3. The van der Waals surface area contributed by atoms with Crippen molar-refractivity contribution in [2.75, 3.05) is 19.8 Å². The molecule has 0 aliphatic rings. The number of nitrogens with zero attached hydrogens (tertiary/aromatic N) is 4. The average molecular weight is 382 g/mol. The molecule has 0 bridgehead atoms. The van der Waals surface area contributed by atoms with Gasteiger partial charge >= 0.3 is 0 Å². The van der Waals surface area contributed by atoms with E-state index in [0.717, 1.165) is 0 Å². The zero-order valence-electron chi connectivity index (χ0n) is 14.7. The van der Waals surface area contributed by atoms with Crippen LogP contribution < -0.4 is 5.73 Å². The van der Waals surface area contributed by atoms with E-state index in [1.54, 1.807) is 50.6 Å². The van der Waals surface area contributed by atoms with E-state index in [9.17, 15) is 9.59 Å². The normalized spacial score (nSPS) is 10.5. The molecule has 0 aliphatic carbocycles. The second-order valence-corrected chi connectivity index (χ2v) is 6.36. The molecule has 136 valence electrons. The van der Waals surface area contributed by atoms with Crippen molar-refractivity contribution in [1.82, 2.24) is 19.9 Å². The van der Waals surface area contributed by atoms with E-state index >= 15 is 0 Å². The third-order valence-electron chi connectivity index (χ3n) is 3.84. The molecule has 8 heteroatoms. The van der Waals surface area contributed by atoms with Gasteiger partial charge in [-0.05, 0) is 24.3 Å². The third-order valence-corrected chi connectivity index (χ3v) is 4.17. The summed E-state index contributed by atoms with van der Waals surface area (Å²) < 4.78 is 0. The lowest BCUT2D eigenvalue weighted by atomic mass is 10.1. The lowest BCUT2D eigenvalue weighted by molar-refractivity contribution is 0.0827. The fourth-order valence-electron chi connectivity index (χ4n) is 2.43. The predicted molar refractivity (Wildman–Crippen MR) is 103 cm³/mol. The largest absolute Gasteiger partial charge is 0.382 e. The van der Waals surface area contributed by atoms with Crippen LogP contribution >= 0.6 is 11.6 Å². The molecule has 2 heterocycles. The summed E-state index contributed by atoms with van der Waals surface area (Å²) >= 11 is 6.15. The Morgan fingerprint density at radius 3 is 2.59 bits per heavy atom. The fourth-order valence-corrected chi connectivity index (χ4v) is 2.63. The molecule has 1 aromatic carbocycles. The van der Waals surface area contributed by atoms with Crippen LogP contribution in [0.15, 0.2) is 48.9 Å². The van der Waals surface area contributed by atoms with Crippen LogP contribution in [0, 0.1) is 0 Å². The zero-order valence-corrected chi connectivity index (χ0v) is 15.4. The van der Waals surface area contributed by atoms with Gasteiger partial charge in [-0.1, -0.05) is 17.7 Å². The van der Waals surface area contributed by atoms with Crippen molar-refractivity contribution in [2.24, 2.45) is 0 Å². The number of nitrogens with two attached hydrogens (primary N) is 1. The van der Waals surface area contributed by atoms with E-state index in [-0.39, 0.29) is 23.2 Å². The van der Waals surface area contributed by atoms with Crippen molar-refractivity contribution >= 4 is 29.1 Å². The highest BCUT2D eigenvalue weighted by atomic mass is 35.5. The van der Waals surface area contributed by atoms with E-state index < -0.39 is 0 Å². The first-order chi connectivity index (χ1) is 12.9. The Labute approximate surface area is 160 Å². The van der Waals surface area contributed by atoms with Crippen molar-refractivity contribution in [3.63, 3.8) is 0 Å². The van der Waals surface area contributed by atoms with Gasteiger partial charge in [0.05, 0.1) is 22.5 Å². The minimum atomic E-state index is -0.381. The third kappa shape index (κ3) is 3.78. The van der Waals surface area contributed by atoms with Gasteiger partial charge in [0, 0.05) is 37.6 Å². The number of carbonyl (C=O) groups is 2. The molecule has 2 N–H and O–H groups in total. The maximum absolute atomic E-state index is 12.7. The molecule has 27 heavy (non-hydrogen) atoms. The molecule has 7 nitrogen and oxygen atoms in total. The van der Waals surface area contributed by atoms with Gasteiger partial charge in [-0.25, -0.2) is 9.97 Å². The molecule has 0 aliphatic heterocycles. The van der Waals surface area contributed by atoms with Gasteiger partial charge < -0.3 is 10.6 Å². The molecule has 3 aromatic rings. The van der Waals surface area contributed by atoms with Crippen molar-refractivity contribution < 1.29 is 9.59 Å². The van der Waals surface area contributed by atoms with Gasteiger partial charge in [-0.2, -0.15) is 0 Å². The summed E-state index contributed by atoms with van der Waals surface area (Å²) in [4.78, 5) is 38.8. The van der Waals surface area contributed by atoms with Crippen LogP contribution in [0.2, 0.25) is 5.02 Å². The molecular weight excluding hydrogens is 366 g/mol. The molecule has 1 amide bonds. The SMILES string of the molecule is CN(C)C(=O)c1cc(-c2cnc(N)c(C(=O)c3cccnc3)n2)ccc1Cl. The van der Waals surface area contributed by atoms with E-state index in [1.165, 1.54) is 17.3 Å². The molecule has 0 radical (unpaired) electrons. The number of hydrogen-bond donors (Lipinski definition) is 1. The number of carbonyl (C=O) groups excluding carboxylic acids is 2. The molecule has 0 saturated heterocycles. The molecule has 2 aromatic heterocycles. The molecule has 3 rings (SSSR count). The number of benzene rings is 1. The molecule has 0 spiro atoms. The number of ketones is 1. The Morgan fingerprint density at radius 1 is 1.15 bits per heavy atom. The van der Waals surface area contributed by atoms with Gasteiger partial charge in [0.25, 0.3) is 5.91 Å². The van der Waals surface area contributed by atoms with Crippen molar-refractivity contribution in [2.45, 2.75) is 0 Å². The molecular formula is C19H16ClN5O2. The first-order valence-corrected chi connectivity index (χ1v) is 8.35. The first kappa shape index (κ1) is 18.5. The smallest absolute Gasteiger partial charge is 0.254 e. The maximum Gasteiger partial charge on any atom is 0.254 e. The Balaban J connectivity index is 2.05. The first-order valence-electron chi connectivity index (χ1n) is 7.97. The number of halogens is 1. The van der Waals surface area contributed by atoms with Crippen molar-refractivity contribution in [3.05, 3.63) is 70.8 Å². The van der Waals surface area contributed by atoms with Crippen LogP contribution in [-0.4, -0.2) is 45.6 Å². The molecule has 0 fully saturated rings. The van der Waals surface area contributed by atoms with Crippen LogP contribution in [0.1, 0.15) is 26.4 Å². The average Bonchev–Trinajstić information content (AvgIpc) is 2.68. The monoisotopic (exact) mass is 381 g/mol. The van der Waals surface area contributed by atoms with Crippen LogP contribution in [0.25, 0.3) is 11.3 Å². The molecule has 0 unspecified atom stereocenters. The van der Waals surface area contributed by atoms with Gasteiger partial charge in [-0.15, -0.1) is 0 Å². The lowest BCUT2D eigenvalue weighted by Crippen LogP contribution is -2.22. The Bertz CT molecular complexity index is 1020. The fraction of sp³-hybridized carbons (Fsp3) is 0.105. The summed E-state index contributed by atoms with van der Waals surface area (Å²) in [6, 6.07) is 8.20. The lowest BCUT2D eigenvalue weighted by Gasteiger charge is -2.13. The van der Waals surface area contributed by atoms with E-state index in [1.807, 2.05) is 0 Å². The van der Waals surface area contributed by atoms with Gasteiger partial charge in [0.15, 0.2) is 11.5 Å². The number of nitrogen functional groups attached to an aromatic ring is 1. The zero-order chi connectivity index (χ0) is 19.6. The summed E-state index contributed by atoms with van der Waals surface area (Å²) in [7, 11) is 3.28. The highest BCUT2D eigenvalue weighted by Gasteiger charge is 2.18. The van der Waals surface area contributed by atoms with Crippen LogP contribution in [-0.2, 0) is 0 Å². The highest BCUT2D eigenvalue weighted by molar-refractivity contribution is 6.34. The quantitative estimate of drug-likeness (QED) is 0.697. The van der Waals surface area contributed by atoms with E-state index in [2.05, 4.69) is 15.0 Å². The number of amides is 1. The van der Waals surface area contributed by atoms with Crippen LogP contribution in [0.3, 0.4) is 0 Å². The second-order valence-electron chi connectivity index (χ2n) is 5.95. The topological polar surface area (TPSA) is 102 Å². The van der Waals surface area contributed by atoms with Crippen molar-refractivity contribution in [3.8, 4) is 11.3 Å². The summed E-state index contributed by atoms with van der Waals surface area (Å²) in [6.07, 6.45) is 4.45. The summed E-state index contributed by atoms with van der Waals surface area (Å²) in [6.45, 7) is 0. The van der Waals surface area contributed by atoms with Gasteiger partial charge in [0.1, 0.15) is 0 Å². The highest BCUT2D eigenvalue weighted by Crippen LogP contribution is 2.26. The number of anilines is 1. The van der Waals surface area contributed by atoms with Crippen molar-refractivity contribution in [1.29, 1.82) is 0 Å². The number of pyridine rings is 1. The van der Waals surface area contributed by atoms with Gasteiger partial charge in [-0.3, -0.25) is 14.6 Å². The maximum atomic E-state index is 12.7. The van der Waals surface area contributed by atoms with E-state index in [0.29, 0.717) is 27.4 Å².